The quantitative estimate of drug-likeness (QED) is 0.476. The van der Waals surface area contributed by atoms with Crippen molar-refractivity contribution in [1.29, 1.82) is 0 Å². The number of rotatable bonds is 7. The van der Waals surface area contributed by atoms with Crippen LogP contribution < -0.4 is 0 Å². The number of aromatic amines is 1. The van der Waals surface area contributed by atoms with E-state index in [1.54, 1.807) is 12.3 Å². The van der Waals surface area contributed by atoms with Gasteiger partial charge in [-0.05, 0) is 49.2 Å². The number of nitrogens with zero attached hydrogens (tertiary/aromatic N) is 3. The van der Waals surface area contributed by atoms with Gasteiger partial charge in [0.25, 0.3) is 0 Å². The fraction of sp³-hybridized carbons (Fsp3) is 0.316. The van der Waals surface area contributed by atoms with E-state index in [9.17, 15) is 4.79 Å². The van der Waals surface area contributed by atoms with Crippen LogP contribution in [-0.2, 0) is 11.3 Å². The number of halogens is 1. The maximum Gasteiger partial charge on any atom is 0.192 e. The first-order valence-corrected chi connectivity index (χ1v) is 10.2. The Balaban J connectivity index is 1.58. The Labute approximate surface area is 166 Å². The summed E-state index contributed by atoms with van der Waals surface area (Å²) in [7, 11) is 0. The summed E-state index contributed by atoms with van der Waals surface area (Å²) in [6, 6.07) is 11.1. The molecule has 0 saturated carbocycles. The van der Waals surface area contributed by atoms with Gasteiger partial charge in [0.15, 0.2) is 16.8 Å². The summed E-state index contributed by atoms with van der Waals surface area (Å²) in [6.45, 7) is 1.46. The molecule has 6 nitrogen and oxygen atoms in total. The lowest BCUT2D eigenvalue weighted by Crippen LogP contribution is -2.17. The molecule has 0 unspecified atom stereocenters. The summed E-state index contributed by atoms with van der Waals surface area (Å²) in [5, 5.41) is 10.1. The molecule has 1 N–H and O–H groups in total. The lowest BCUT2D eigenvalue weighted by atomic mass is 10.2. The second-order valence-electron chi connectivity index (χ2n) is 6.35. The van der Waals surface area contributed by atoms with E-state index in [-0.39, 0.29) is 11.9 Å². The molecule has 2 aromatic heterocycles. The van der Waals surface area contributed by atoms with E-state index in [1.807, 2.05) is 34.9 Å². The molecule has 0 bridgehead atoms. The predicted molar refractivity (Wildman–Crippen MR) is 105 cm³/mol. The minimum atomic E-state index is 0.0321. The van der Waals surface area contributed by atoms with Crippen molar-refractivity contribution in [2.24, 2.45) is 0 Å². The fourth-order valence-corrected chi connectivity index (χ4v) is 4.03. The Morgan fingerprint density at radius 1 is 1.30 bits per heavy atom. The number of hydrogen-bond donors (Lipinski definition) is 1. The Morgan fingerprint density at radius 3 is 2.85 bits per heavy atom. The van der Waals surface area contributed by atoms with Gasteiger partial charge in [-0.2, -0.15) is 0 Å². The summed E-state index contributed by atoms with van der Waals surface area (Å²) in [5.74, 6) is 1.09. The molecule has 1 atom stereocenters. The van der Waals surface area contributed by atoms with Crippen molar-refractivity contribution in [3.8, 4) is 11.4 Å². The zero-order valence-corrected chi connectivity index (χ0v) is 16.2. The molecular weight excluding hydrogens is 384 g/mol. The number of ether oxygens (including phenoxy) is 1. The normalized spacial score (nSPS) is 16.7. The number of aromatic nitrogens is 4. The average molecular weight is 403 g/mol. The largest absolute Gasteiger partial charge is 0.376 e. The van der Waals surface area contributed by atoms with Crippen molar-refractivity contribution in [1.82, 2.24) is 19.7 Å². The van der Waals surface area contributed by atoms with Crippen LogP contribution in [0.2, 0.25) is 5.02 Å². The number of benzene rings is 1. The van der Waals surface area contributed by atoms with Gasteiger partial charge in [0, 0.05) is 23.4 Å². The van der Waals surface area contributed by atoms with Crippen LogP contribution in [0.3, 0.4) is 0 Å². The number of carbonyl (C=O) groups excluding carboxylic acids is 1. The second-order valence-corrected chi connectivity index (χ2v) is 7.73. The smallest absolute Gasteiger partial charge is 0.192 e. The third-order valence-electron chi connectivity index (χ3n) is 4.46. The molecule has 3 heterocycles. The van der Waals surface area contributed by atoms with Crippen LogP contribution in [0.15, 0.2) is 47.8 Å². The average Bonchev–Trinajstić information content (AvgIpc) is 3.44. The molecule has 3 aromatic rings. The SMILES string of the molecule is O=C(CSc1nnc(-c2ccc(Cl)cc2)n1C[C@@H]1CCCO1)c1ccc[nH]1. The lowest BCUT2D eigenvalue weighted by Gasteiger charge is -2.14. The molecule has 1 aliphatic rings. The highest BCUT2D eigenvalue weighted by molar-refractivity contribution is 7.99. The summed E-state index contributed by atoms with van der Waals surface area (Å²) in [6.07, 6.45) is 3.97. The highest BCUT2D eigenvalue weighted by Gasteiger charge is 2.22. The Kier molecular flexibility index (Phi) is 5.61. The number of ketones is 1. The van der Waals surface area contributed by atoms with Crippen molar-refractivity contribution in [3.05, 3.63) is 53.3 Å². The predicted octanol–water partition coefficient (Wildman–Crippen LogP) is 4.08. The summed E-state index contributed by atoms with van der Waals surface area (Å²) >= 11 is 7.40. The van der Waals surface area contributed by atoms with E-state index in [2.05, 4.69) is 15.2 Å². The molecule has 140 valence electrons. The van der Waals surface area contributed by atoms with E-state index in [4.69, 9.17) is 16.3 Å². The van der Waals surface area contributed by atoms with Gasteiger partial charge in [-0.1, -0.05) is 23.4 Å². The molecular formula is C19H19ClN4O2S. The molecule has 0 amide bonds. The van der Waals surface area contributed by atoms with Gasteiger partial charge >= 0.3 is 0 Å². The van der Waals surface area contributed by atoms with Crippen molar-refractivity contribution in [2.45, 2.75) is 30.6 Å². The van der Waals surface area contributed by atoms with E-state index in [1.165, 1.54) is 11.8 Å². The Bertz CT molecular complexity index is 902. The fourth-order valence-electron chi connectivity index (χ4n) is 3.08. The van der Waals surface area contributed by atoms with Gasteiger partial charge in [-0.25, -0.2) is 0 Å². The van der Waals surface area contributed by atoms with Gasteiger partial charge in [-0.3, -0.25) is 9.36 Å². The second kappa shape index (κ2) is 8.29. The third kappa shape index (κ3) is 4.26. The van der Waals surface area contributed by atoms with Gasteiger partial charge in [0.2, 0.25) is 0 Å². The molecule has 1 saturated heterocycles. The molecule has 0 spiro atoms. The molecule has 0 aliphatic carbocycles. The molecule has 1 aromatic carbocycles. The maximum atomic E-state index is 12.3. The first-order chi connectivity index (χ1) is 13.2. The third-order valence-corrected chi connectivity index (χ3v) is 5.68. The topological polar surface area (TPSA) is 72.8 Å². The monoisotopic (exact) mass is 402 g/mol. The highest BCUT2D eigenvalue weighted by atomic mass is 35.5. The minimum absolute atomic E-state index is 0.0321. The molecule has 0 radical (unpaired) electrons. The maximum absolute atomic E-state index is 12.3. The number of H-pyrrole nitrogens is 1. The van der Waals surface area contributed by atoms with Gasteiger partial charge in [-0.15, -0.1) is 10.2 Å². The number of carbonyl (C=O) groups is 1. The summed E-state index contributed by atoms with van der Waals surface area (Å²) < 4.78 is 7.84. The lowest BCUT2D eigenvalue weighted by molar-refractivity contribution is 0.0953. The van der Waals surface area contributed by atoms with E-state index in [0.29, 0.717) is 23.0 Å². The first-order valence-electron chi connectivity index (χ1n) is 8.81. The van der Waals surface area contributed by atoms with Crippen LogP contribution in [-0.4, -0.2) is 44.0 Å². The van der Waals surface area contributed by atoms with Crippen LogP contribution in [0.25, 0.3) is 11.4 Å². The van der Waals surface area contributed by atoms with Gasteiger partial charge < -0.3 is 9.72 Å². The van der Waals surface area contributed by atoms with Crippen LogP contribution in [0, 0.1) is 0 Å². The molecule has 8 heteroatoms. The van der Waals surface area contributed by atoms with Crippen LogP contribution in [0.5, 0.6) is 0 Å². The van der Waals surface area contributed by atoms with Crippen molar-refractivity contribution in [2.75, 3.05) is 12.4 Å². The zero-order chi connectivity index (χ0) is 18.6. The van der Waals surface area contributed by atoms with Crippen LogP contribution >= 0.6 is 23.4 Å². The van der Waals surface area contributed by atoms with Crippen molar-refractivity contribution < 1.29 is 9.53 Å². The van der Waals surface area contributed by atoms with Gasteiger partial charge in [0.05, 0.1) is 24.1 Å². The number of thioether (sulfide) groups is 1. The van der Waals surface area contributed by atoms with E-state index < -0.39 is 0 Å². The van der Waals surface area contributed by atoms with Crippen LogP contribution in [0.1, 0.15) is 23.3 Å². The van der Waals surface area contributed by atoms with Crippen LogP contribution in [0.4, 0.5) is 0 Å². The molecule has 1 fully saturated rings. The summed E-state index contributed by atoms with van der Waals surface area (Å²) in [4.78, 5) is 15.2. The Morgan fingerprint density at radius 2 is 2.15 bits per heavy atom. The van der Waals surface area contributed by atoms with E-state index >= 15 is 0 Å². The molecule has 1 aliphatic heterocycles. The first kappa shape index (κ1) is 18.3. The Hall–Kier alpha value is -2.09. The number of hydrogen-bond acceptors (Lipinski definition) is 5. The zero-order valence-electron chi connectivity index (χ0n) is 14.6. The van der Waals surface area contributed by atoms with Crippen molar-refractivity contribution >= 4 is 29.1 Å². The van der Waals surface area contributed by atoms with E-state index in [0.717, 1.165) is 36.0 Å². The number of nitrogens with one attached hydrogen (secondary N) is 1. The summed E-state index contributed by atoms with van der Waals surface area (Å²) in [5.41, 5.74) is 1.54. The van der Waals surface area contributed by atoms with Gasteiger partial charge in [0.1, 0.15) is 0 Å². The number of Topliss-reactive ketones (excluding diaryl/α,β-unsaturated/α-hetero) is 1. The van der Waals surface area contributed by atoms with Crippen molar-refractivity contribution in [3.63, 3.8) is 0 Å². The molecule has 4 rings (SSSR count). The highest BCUT2D eigenvalue weighted by Crippen LogP contribution is 2.27. The molecule has 27 heavy (non-hydrogen) atoms. The standard InChI is InChI=1S/C19H19ClN4O2S/c20-14-7-5-13(6-8-14)18-22-23-19(24(18)11-15-3-2-10-26-15)27-12-17(25)16-4-1-9-21-16/h1,4-9,15,21H,2-3,10-12H2/t15-/m0/s1. The minimum Gasteiger partial charge on any atom is -0.376 e.